The van der Waals surface area contributed by atoms with Gasteiger partial charge >= 0.3 is 6.09 Å². The number of benzene rings is 1. The molecule has 200 valence electrons. The Balaban J connectivity index is 1.25. The lowest BCUT2D eigenvalue weighted by Gasteiger charge is -2.36. The lowest BCUT2D eigenvalue weighted by molar-refractivity contribution is -0.138. The molecule has 0 radical (unpaired) electrons. The van der Waals surface area contributed by atoms with E-state index in [9.17, 15) is 9.59 Å². The number of alkyl carbamates (subject to hydrolysis) is 1. The van der Waals surface area contributed by atoms with E-state index in [0.29, 0.717) is 51.3 Å². The first-order valence-electron chi connectivity index (χ1n) is 13.5. The predicted octanol–water partition coefficient (Wildman–Crippen LogP) is 3.28. The first-order chi connectivity index (χ1) is 18.0. The summed E-state index contributed by atoms with van der Waals surface area (Å²) in [5, 5.41) is 7.46. The van der Waals surface area contributed by atoms with Crippen molar-refractivity contribution in [3.8, 4) is 0 Å². The van der Waals surface area contributed by atoms with Gasteiger partial charge in [0.05, 0.1) is 36.6 Å². The van der Waals surface area contributed by atoms with Crippen LogP contribution in [0.3, 0.4) is 0 Å². The second kappa shape index (κ2) is 11.2. The maximum atomic E-state index is 13.5. The number of likely N-dealkylation sites (tertiary alicyclic amines) is 1. The Hall–Kier alpha value is -2.91. The Morgan fingerprint density at radius 2 is 2.00 bits per heavy atom. The molecule has 9 heteroatoms. The number of aromatic nitrogens is 2. The molecule has 1 saturated heterocycles. The van der Waals surface area contributed by atoms with Gasteiger partial charge in [0.1, 0.15) is 6.61 Å². The third-order valence-electron chi connectivity index (χ3n) is 8.36. The maximum absolute atomic E-state index is 13.5. The van der Waals surface area contributed by atoms with E-state index < -0.39 is 6.09 Å². The molecule has 2 fully saturated rings. The van der Waals surface area contributed by atoms with Crippen LogP contribution in [0.4, 0.5) is 4.79 Å². The molecule has 1 spiro atoms. The second-order valence-corrected chi connectivity index (χ2v) is 10.7. The van der Waals surface area contributed by atoms with Crippen LogP contribution in [0, 0.1) is 5.41 Å². The van der Waals surface area contributed by atoms with E-state index in [-0.39, 0.29) is 5.41 Å². The van der Waals surface area contributed by atoms with Crippen LogP contribution in [0.5, 0.6) is 0 Å². The smallest absolute Gasteiger partial charge is 0.406 e. The molecule has 1 aromatic heterocycles. The molecule has 0 unspecified atom stereocenters. The van der Waals surface area contributed by atoms with E-state index in [4.69, 9.17) is 14.6 Å². The minimum atomic E-state index is -0.413. The fraction of sp³-hybridized carbons (Fsp3) is 0.607. The molecule has 0 atom stereocenters. The van der Waals surface area contributed by atoms with Crippen LogP contribution in [0.15, 0.2) is 30.3 Å². The number of carbonyl (C=O) groups excluding carboxylic acids is 2. The molecule has 1 saturated carbocycles. The number of likely N-dealkylation sites (N-methyl/N-ethyl adjacent to an activating group) is 1. The number of amides is 2. The van der Waals surface area contributed by atoms with Gasteiger partial charge in [0.15, 0.2) is 0 Å². The van der Waals surface area contributed by atoms with Crippen LogP contribution in [0.1, 0.15) is 60.5 Å². The Morgan fingerprint density at radius 1 is 1.22 bits per heavy atom. The monoisotopic (exact) mass is 509 g/mol. The van der Waals surface area contributed by atoms with E-state index in [1.807, 2.05) is 25.2 Å². The van der Waals surface area contributed by atoms with E-state index >= 15 is 0 Å². The highest BCUT2D eigenvalue weighted by Crippen LogP contribution is 2.50. The highest BCUT2D eigenvalue weighted by molar-refractivity contribution is 5.85. The lowest BCUT2D eigenvalue weighted by Crippen LogP contribution is -2.37. The zero-order valence-electron chi connectivity index (χ0n) is 22.1. The fourth-order valence-corrected chi connectivity index (χ4v) is 6.28. The summed E-state index contributed by atoms with van der Waals surface area (Å²) in [6.45, 7) is 5.26. The van der Waals surface area contributed by atoms with E-state index in [1.165, 1.54) is 16.8 Å². The third-order valence-corrected chi connectivity index (χ3v) is 8.36. The minimum Gasteiger partial charge on any atom is -0.448 e. The molecule has 5 rings (SSSR count). The van der Waals surface area contributed by atoms with Crippen LogP contribution in [0.2, 0.25) is 0 Å². The predicted molar refractivity (Wildman–Crippen MR) is 139 cm³/mol. The molecule has 3 heterocycles. The van der Waals surface area contributed by atoms with Crippen molar-refractivity contribution in [1.29, 1.82) is 0 Å². The average molecular weight is 510 g/mol. The Bertz CT molecular complexity index is 1090. The third kappa shape index (κ3) is 5.52. The van der Waals surface area contributed by atoms with Crippen LogP contribution < -0.4 is 5.32 Å². The number of nitrogens with zero attached hydrogens (tertiary/aromatic N) is 4. The molecule has 1 aliphatic carbocycles. The van der Waals surface area contributed by atoms with E-state index in [0.717, 1.165) is 50.9 Å². The second-order valence-electron chi connectivity index (χ2n) is 10.7. The average Bonchev–Trinajstić information content (AvgIpc) is 3.42. The highest BCUT2D eigenvalue weighted by atomic mass is 16.5. The summed E-state index contributed by atoms with van der Waals surface area (Å²) < 4.78 is 13.1. The van der Waals surface area contributed by atoms with Gasteiger partial charge < -0.3 is 19.7 Å². The lowest BCUT2D eigenvalue weighted by atomic mass is 9.67. The molecule has 2 aliphatic heterocycles. The number of hydrogen-bond donors (Lipinski definition) is 1. The van der Waals surface area contributed by atoms with Crippen molar-refractivity contribution >= 4 is 12.0 Å². The molecule has 2 amide bonds. The highest BCUT2D eigenvalue weighted by Gasteiger charge is 2.49. The van der Waals surface area contributed by atoms with Crippen molar-refractivity contribution in [2.75, 3.05) is 40.4 Å². The standard InChI is InChI=1S/C28H39N5O4/c1-29-27(35)37-17-14-31(2)19-23-25(24-20-36-16-15-33(24)30-23)22-8-10-28(11-9-22)12-13-32(26(28)34)18-21-6-4-3-5-7-21/h3-7,22H,8-20H2,1-2H3,(H,29,35). The minimum absolute atomic E-state index is 0.205. The number of fused-ring (bicyclic) bond motifs is 1. The van der Waals surface area contributed by atoms with Crippen LogP contribution in [-0.2, 0) is 40.5 Å². The number of nitrogens with one attached hydrogen (secondary N) is 1. The summed E-state index contributed by atoms with van der Waals surface area (Å²) in [4.78, 5) is 29.1. The Labute approximate surface area is 219 Å². The van der Waals surface area contributed by atoms with Gasteiger partial charge in [-0.25, -0.2) is 4.79 Å². The quantitative estimate of drug-likeness (QED) is 0.588. The zero-order valence-corrected chi connectivity index (χ0v) is 22.1. The van der Waals surface area contributed by atoms with Gasteiger partial charge in [-0.3, -0.25) is 14.4 Å². The van der Waals surface area contributed by atoms with Gasteiger partial charge in [-0.15, -0.1) is 0 Å². The number of rotatable bonds is 8. The van der Waals surface area contributed by atoms with Gasteiger partial charge in [0.25, 0.3) is 0 Å². The van der Waals surface area contributed by atoms with E-state index in [2.05, 4.69) is 31.9 Å². The van der Waals surface area contributed by atoms with Crippen molar-refractivity contribution in [1.82, 2.24) is 24.9 Å². The summed E-state index contributed by atoms with van der Waals surface area (Å²) >= 11 is 0. The number of hydrogen-bond acceptors (Lipinski definition) is 6. The SMILES string of the molecule is CNC(=O)OCCN(C)Cc1nn2c(c1C1CCC3(CC1)CCN(Cc1ccccc1)C3=O)COCC2. The fourth-order valence-electron chi connectivity index (χ4n) is 6.28. The molecule has 9 nitrogen and oxygen atoms in total. The topological polar surface area (TPSA) is 88.9 Å². The van der Waals surface area contributed by atoms with Crippen molar-refractivity contribution < 1.29 is 19.1 Å². The van der Waals surface area contributed by atoms with Crippen LogP contribution in [-0.4, -0.2) is 72.0 Å². The van der Waals surface area contributed by atoms with Gasteiger partial charge in [0.2, 0.25) is 5.91 Å². The number of ether oxygens (including phenoxy) is 2. The molecule has 3 aliphatic rings. The Morgan fingerprint density at radius 3 is 2.76 bits per heavy atom. The molecule has 0 bridgehead atoms. The molecular weight excluding hydrogens is 470 g/mol. The molecule has 1 aromatic carbocycles. The van der Waals surface area contributed by atoms with E-state index in [1.54, 1.807) is 7.05 Å². The molecular formula is C28H39N5O4. The Kier molecular flexibility index (Phi) is 7.81. The van der Waals surface area contributed by atoms with Crippen LogP contribution >= 0.6 is 0 Å². The molecule has 1 N–H and O–H groups in total. The van der Waals surface area contributed by atoms with Crippen molar-refractivity contribution in [3.05, 3.63) is 52.8 Å². The molecule has 37 heavy (non-hydrogen) atoms. The van der Waals surface area contributed by atoms with Gasteiger partial charge in [-0.2, -0.15) is 5.10 Å². The normalized spacial score (nSPS) is 23.5. The maximum Gasteiger partial charge on any atom is 0.406 e. The molecule has 2 aromatic rings. The zero-order chi connectivity index (χ0) is 25.8. The summed E-state index contributed by atoms with van der Waals surface area (Å²) in [6.07, 6.45) is 4.41. The van der Waals surface area contributed by atoms with Gasteiger partial charge in [-0.05, 0) is 50.6 Å². The summed E-state index contributed by atoms with van der Waals surface area (Å²) in [5.41, 5.74) is 4.60. The summed E-state index contributed by atoms with van der Waals surface area (Å²) in [5.74, 6) is 0.726. The van der Waals surface area contributed by atoms with Crippen molar-refractivity contribution in [3.63, 3.8) is 0 Å². The van der Waals surface area contributed by atoms with Crippen molar-refractivity contribution in [2.45, 2.75) is 64.3 Å². The number of carbonyl (C=O) groups is 2. The first-order valence-corrected chi connectivity index (χ1v) is 13.5. The largest absolute Gasteiger partial charge is 0.448 e. The van der Waals surface area contributed by atoms with Crippen LogP contribution in [0.25, 0.3) is 0 Å². The van der Waals surface area contributed by atoms with Gasteiger partial charge in [-0.1, -0.05) is 30.3 Å². The first kappa shape index (κ1) is 25.7. The summed E-state index contributed by atoms with van der Waals surface area (Å²) in [6, 6.07) is 10.3. The summed E-state index contributed by atoms with van der Waals surface area (Å²) in [7, 11) is 3.59. The van der Waals surface area contributed by atoms with Crippen molar-refractivity contribution in [2.24, 2.45) is 5.41 Å². The van der Waals surface area contributed by atoms with Gasteiger partial charge in [0, 0.05) is 38.8 Å².